The highest BCUT2D eigenvalue weighted by Crippen LogP contribution is 2.23. The molecule has 1 N–H and O–H groups in total. The van der Waals surface area contributed by atoms with Gasteiger partial charge in [-0.15, -0.1) is 0 Å². The monoisotopic (exact) mass is 188 g/mol. The van der Waals surface area contributed by atoms with Crippen molar-refractivity contribution >= 4 is 6.29 Å². The minimum Gasteiger partial charge on any atom is -0.392 e. The summed E-state index contributed by atoms with van der Waals surface area (Å²) in [4.78, 5) is 10.6. The van der Waals surface area contributed by atoms with Crippen LogP contribution in [0.1, 0.15) is 20.3 Å². The second kappa shape index (κ2) is 4.17. The Bertz CT molecular complexity index is 172. The molecule has 13 heavy (non-hydrogen) atoms. The van der Waals surface area contributed by atoms with E-state index in [1.807, 2.05) is 0 Å². The Hall–Kier alpha value is -0.450. The van der Waals surface area contributed by atoms with Gasteiger partial charge < -0.3 is 19.4 Å². The number of ether oxygens (including phenoxy) is 2. The molecule has 76 valence electrons. The SMILES string of the molecule is CC(C)(C=O)[C@@H](O)CC1OCCO1. The summed E-state index contributed by atoms with van der Waals surface area (Å²) in [6.07, 6.45) is 0.0422. The fourth-order valence-corrected chi connectivity index (χ4v) is 1.11. The molecular weight excluding hydrogens is 172 g/mol. The maximum absolute atomic E-state index is 10.6. The van der Waals surface area contributed by atoms with Gasteiger partial charge in [0, 0.05) is 11.8 Å². The van der Waals surface area contributed by atoms with Crippen molar-refractivity contribution in [1.82, 2.24) is 0 Å². The zero-order valence-corrected chi connectivity index (χ0v) is 8.03. The van der Waals surface area contributed by atoms with E-state index >= 15 is 0 Å². The average molecular weight is 188 g/mol. The van der Waals surface area contributed by atoms with Crippen LogP contribution in [0.3, 0.4) is 0 Å². The zero-order chi connectivity index (χ0) is 9.90. The second-order valence-electron chi connectivity index (χ2n) is 3.86. The minimum absolute atomic E-state index is 0.353. The molecule has 0 amide bonds. The van der Waals surface area contributed by atoms with E-state index in [0.717, 1.165) is 6.29 Å². The molecule has 0 aromatic heterocycles. The maximum Gasteiger partial charge on any atom is 0.160 e. The van der Waals surface area contributed by atoms with Gasteiger partial charge in [0.15, 0.2) is 6.29 Å². The molecule has 1 aliphatic rings. The molecule has 0 bridgehead atoms. The number of hydrogen-bond acceptors (Lipinski definition) is 4. The molecule has 4 heteroatoms. The zero-order valence-electron chi connectivity index (χ0n) is 8.03. The normalized spacial score (nSPS) is 21.8. The highest BCUT2D eigenvalue weighted by molar-refractivity contribution is 5.58. The Kier molecular flexibility index (Phi) is 3.41. The van der Waals surface area contributed by atoms with Crippen molar-refractivity contribution in [3.05, 3.63) is 0 Å². The van der Waals surface area contributed by atoms with Crippen LogP contribution in [0, 0.1) is 5.41 Å². The Balaban J connectivity index is 2.39. The van der Waals surface area contributed by atoms with Crippen LogP contribution in [0.15, 0.2) is 0 Å². The number of aldehydes is 1. The standard InChI is InChI=1S/C9H16O4/c1-9(2,6-10)7(11)5-8-12-3-4-13-8/h6-8,11H,3-5H2,1-2H3/t7-/m0/s1. The van der Waals surface area contributed by atoms with E-state index in [-0.39, 0.29) is 6.29 Å². The van der Waals surface area contributed by atoms with Gasteiger partial charge in [0.2, 0.25) is 0 Å². The smallest absolute Gasteiger partial charge is 0.160 e. The summed E-state index contributed by atoms with van der Waals surface area (Å²) < 4.78 is 10.3. The molecule has 0 aromatic rings. The van der Waals surface area contributed by atoms with Crippen molar-refractivity contribution in [1.29, 1.82) is 0 Å². The first-order chi connectivity index (χ1) is 6.06. The number of aliphatic hydroxyl groups is 1. The van der Waals surface area contributed by atoms with Crippen molar-refractivity contribution < 1.29 is 19.4 Å². The molecule has 1 fully saturated rings. The molecule has 0 unspecified atom stereocenters. The molecule has 0 radical (unpaired) electrons. The molecule has 1 saturated heterocycles. The molecular formula is C9H16O4. The van der Waals surface area contributed by atoms with Crippen LogP contribution in [0.5, 0.6) is 0 Å². The molecule has 0 spiro atoms. The second-order valence-corrected chi connectivity index (χ2v) is 3.86. The van der Waals surface area contributed by atoms with E-state index < -0.39 is 11.5 Å². The summed E-state index contributed by atoms with van der Waals surface area (Å²) in [5.74, 6) is 0. The molecule has 4 nitrogen and oxygen atoms in total. The van der Waals surface area contributed by atoms with Crippen LogP contribution in [0.2, 0.25) is 0 Å². The van der Waals surface area contributed by atoms with Crippen LogP contribution < -0.4 is 0 Å². The lowest BCUT2D eigenvalue weighted by Crippen LogP contribution is -2.34. The van der Waals surface area contributed by atoms with Crippen molar-refractivity contribution in [2.45, 2.75) is 32.7 Å². The third kappa shape index (κ3) is 2.76. The molecule has 1 heterocycles. The van der Waals surface area contributed by atoms with Crippen LogP contribution in [-0.4, -0.2) is 37.0 Å². The Morgan fingerprint density at radius 1 is 1.54 bits per heavy atom. The number of aliphatic hydroxyl groups excluding tert-OH is 1. The lowest BCUT2D eigenvalue weighted by molar-refractivity contribution is -0.126. The summed E-state index contributed by atoms with van der Waals surface area (Å²) in [5.41, 5.74) is -0.727. The van der Waals surface area contributed by atoms with Gasteiger partial charge in [-0.1, -0.05) is 13.8 Å². The first kappa shape index (κ1) is 10.6. The van der Waals surface area contributed by atoms with Crippen LogP contribution in [0.4, 0.5) is 0 Å². The van der Waals surface area contributed by atoms with Gasteiger partial charge in [-0.25, -0.2) is 0 Å². The molecule has 0 saturated carbocycles. The highest BCUT2D eigenvalue weighted by atomic mass is 16.7. The van der Waals surface area contributed by atoms with Crippen molar-refractivity contribution in [3.63, 3.8) is 0 Å². The topological polar surface area (TPSA) is 55.8 Å². The highest BCUT2D eigenvalue weighted by Gasteiger charge is 2.31. The summed E-state index contributed by atoms with van der Waals surface area (Å²) in [6, 6.07) is 0. The lowest BCUT2D eigenvalue weighted by atomic mass is 9.86. The van der Waals surface area contributed by atoms with Gasteiger partial charge in [0.05, 0.1) is 19.3 Å². The van der Waals surface area contributed by atoms with E-state index in [0.29, 0.717) is 19.6 Å². The first-order valence-corrected chi connectivity index (χ1v) is 4.44. The fraction of sp³-hybridized carbons (Fsp3) is 0.889. The summed E-state index contributed by atoms with van der Waals surface area (Å²) in [6.45, 7) is 4.52. The first-order valence-electron chi connectivity index (χ1n) is 4.44. The van der Waals surface area contributed by atoms with E-state index in [1.165, 1.54) is 0 Å². The number of rotatable bonds is 4. The minimum atomic E-state index is -0.727. The van der Waals surface area contributed by atoms with Gasteiger partial charge in [-0.05, 0) is 0 Å². The predicted molar refractivity (Wildman–Crippen MR) is 46.2 cm³/mol. The number of hydrogen-bond donors (Lipinski definition) is 1. The molecule has 1 atom stereocenters. The van der Waals surface area contributed by atoms with E-state index in [4.69, 9.17) is 9.47 Å². The lowest BCUT2D eigenvalue weighted by Gasteiger charge is -2.25. The van der Waals surface area contributed by atoms with Gasteiger partial charge in [-0.3, -0.25) is 0 Å². The third-order valence-corrected chi connectivity index (χ3v) is 2.27. The van der Waals surface area contributed by atoms with Crippen molar-refractivity contribution in [2.75, 3.05) is 13.2 Å². The van der Waals surface area contributed by atoms with E-state index in [9.17, 15) is 9.90 Å². The van der Waals surface area contributed by atoms with E-state index in [2.05, 4.69) is 0 Å². The average Bonchev–Trinajstić information content (AvgIpc) is 2.57. The Labute approximate surface area is 77.8 Å². The largest absolute Gasteiger partial charge is 0.392 e. The van der Waals surface area contributed by atoms with Gasteiger partial charge in [0.1, 0.15) is 6.29 Å². The van der Waals surface area contributed by atoms with Crippen molar-refractivity contribution in [3.8, 4) is 0 Å². The van der Waals surface area contributed by atoms with Gasteiger partial charge >= 0.3 is 0 Å². The Morgan fingerprint density at radius 2 is 2.08 bits per heavy atom. The van der Waals surface area contributed by atoms with Crippen LogP contribution >= 0.6 is 0 Å². The predicted octanol–water partition coefficient (Wildman–Crippen LogP) is 0.335. The molecule has 1 rings (SSSR count). The summed E-state index contributed by atoms with van der Waals surface area (Å²) in [5, 5.41) is 9.65. The van der Waals surface area contributed by atoms with E-state index in [1.54, 1.807) is 13.8 Å². The maximum atomic E-state index is 10.6. The fourth-order valence-electron chi connectivity index (χ4n) is 1.11. The summed E-state index contributed by atoms with van der Waals surface area (Å²) >= 11 is 0. The Morgan fingerprint density at radius 3 is 2.54 bits per heavy atom. The third-order valence-electron chi connectivity index (χ3n) is 2.27. The van der Waals surface area contributed by atoms with Gasteiger partial charge in [0.25, 0.3) is 0 Å². The van der Waals surface area contributed by atoms with Gasteiger partial charge in [-0.2, -0.15) is 0 Å². The molecule has 0 aliphatic carbocycles. The number of carbonyl (C=O) groups excluding carboxylic acids is 1. The van der Waals surface area contributed by atoms with Crippen LogP contribution in [0.25, 0.3) is 0 Å². The quantitative estimate of drug-likeness (QED) is 0.646. The summed E-state index contributed by atoms with van der Waals surface area (Å²) in [7, 11) is 0. The number of carbonyl (C=O) groups is 1. The van der Waals surface area contributed by atoms with Crippen molar-refractivity contribution in [2.24, 2.45) is 5.41 Å². The molecule has 1 aliphatic heterocycles. The molecule has 0 aromatic carbocycles. The van der Waals surface area contributed by atoms with Crippen LogP contribution in [-0.2, 0) is 14.3 Å².